The smallest absolute Gasteiger partial charge is 0.00772 e. The van der Waals surface area contributed by atoms with Crippen molar-refractivity contribution in [3.8, 4) is 0 Å². The Hall–Kier alpha value is -0.0400. The quantitative estimate of drug-likeness (QED) is 0.615. The van der Waals surface area contributed by atoms with Crippen molar-refractivity contribution in [3.05, 3.63) is 0 Å². The summed E-state index contributed by atoms with van der Waals surface area (Å²) in [4.78, 5) is 0. The molecule has 0 amide bonds. The van der Waals surface area contributed by atoms with E-state index in [1.165, 1.54) is 38.5 Å². The van der Waals surface area contributed by atoms with Crippen LogP contribution in [0.1, 0.15) is 38.5 Å². The first-order valence-electron chi connectivity index (χ1n) is 4.13. The molecule has 0 saturated heterocycles. The van der Waals surface area contributed by atoms with Crippen molar-refractivity contribution in [1.82, 2.24) is 0 Å². The minimum atomic E-state index is 0.885. The van der Waals surface area contributed by atoms with Crippen molar-refractivity contribution in [2.75, 3.05) is 6.54 Å². The van der Waals surface area contributed by atoms with Crippen LogP contribution in [0, 0.1) is 5.92 Å². The lowest BCUT2D eigenvalue weighted by atomic mass is 10.0. The highest BCUT2D eigenvalue weighted by molar-refractivity contribution is 4.66. The molecule has 1 nitrogen and oxygen atoms in total. The van der Waals surface area contributed by atoms with Gasteiger partial charge < -0.3 is 5.73 Å². The van der Waals surface area contributed by atoms with E-state index in [4.69, 9.17) is 5.73 Å². The number of rotatable bonds is 3. The van der Waals surface area contributed by atoms with Gasteiger partial charge in [-0.2, -0.15) is 0 Å². The second-order valence-corrected chi connectivity index (χ2v) is 3.08. The lowest BCUT2D eigenvalue weighted by Gasteiger charge is -2.05. The Labute approximate surface area is 57.6 Å². The second kappa shape index (κ2) is 3.89. The summed E-state index contributed by atoms with van der Waals surface area (Å²) < 4.78 is 0. The fourth-order valence-electron chi connectivity index (χ4n) is 1.71. The minimum absolute atomic E-state index is 0.885. The molecule has 0 aromatic heterocycles. The molecule has 0 aromatic rings. The molecule has 1 rings (SSSR count). The lowest BCUT2D eigenvalue weighted by molar-refractivity contribution is 0.488. The Morgan fingerprint density at radius 2 is 1.89 bits per heavy atom. The van der Waals surface area contributed by atoms with E-state index in [9.17, 15) is 0 Å². The molecule has 2 N–H and O–H groups in total. The van der Waals surface area contributed by atoms with Gasteiger partial charge in [0, 0.05) is 0 Å². The third-order valence-electron chi connectivity index (χ3n) is 2.29. The van der Waals surface area contributed by atoms with E-state index in [1.54, 1.807) is 0 Å². The summed E-state index contributed by atoms with van der Waals surface area (Å²) in [5.74, 6) is 1.04. The molecule has 0 radical (unpaired) electrons. The van der Waals surface area contributed by atoms with E-state index in [0.29, 0.717) is 0 Å². The van der Waals surface area contributed by atoms with Crippen molar-refractivity contribution in [3.63, 3.8) is 0 Å². The molecule has 0 aromatic carbocycles. The fraction of sp³-hybridized carbons (Fsp3) is 1.00. The van der Waals surface area contributed by atoms with Gasteiger partial charge in [-0.25, -0.2) is 0 Å². The molecular formula is C8H17N. The van der Waals surface area contributed by atoms with E-state index in [2.05, 4.69) is 0 Å². The zero-order valence-electron chi connectivity index (χ0n) is 6.10. The maximum absolute atomic E-state index is 5.41. The molecular weight excluding hydrogens is 110 g/mol. The Bertz CT molecular complexity index is 65.0. The molecule has 0 heterocycles. The normalized spacial score (nSPS) is 21.0. The zero-order chi connectivity index (χ0) is 6.53. The van der Waals surface area contributed by atoms with E-state index in [-0.39, 0.29) is 0 Å². The molecule has 54 valence electrons. The van der Waals surface area contributed by atoms with Crippen LogP contribution in [0.4, 0.5) is 0 Å². The molecule has 1 aliphatic carbocycles. The van der Waals surface area contributed by atoms with Gasteiger partial charge in [0.1, 0.15) is 0 Å². The third-order valence-corrected chi connectivity index (χ3v) is 2.29. The predicted molar refractivity (Wildman–Crippen MR) is 40.2 cm³/mol. The van der Waals surface area contributed by atoms with E-state index in [1.807, 2.05) is 0 Å². The van der Waals surface area contributed by atoms with Crippen LogP contribution in [0.25, 0.3) is 0 Å². The molecule has 9 heavy (non-hydrogen) atoms. The monoisotopic (exact) mass is 127 g/mol. The average Bonchev–Trinajstić information content (AvgIpc) is 2.34. The Kier molecular flexibility index (Phi) is 3.05. The summed E-state index contributed by atoms with van der Waals surface area (Å²) in [5, 5.41) is 0. The summed E-state index contributed by atoms with van der Waals surface area (Å²) in [6.45, 7) is 0.885. The summed E-state index contributed by atoms with van der Waals surface area (Å²) in [6, 6.07) is 0. The maximum atomic E-state index is 5.41. The Morgan fingerprint density at radius 3 is 2.44 bits per heavy atom. The van der Waals surface area contributed by atoms with Gasteiger partial charge in [-0.15, -0.1) is 0 Å². The van der Waals surface area contributed by atoms with Crippen LogP contribution >= 0.6 is 0 Å². The first-order valence-corrected chi connectivity index (χ1v) is 4.13. The largest absolute Gasteiger partial charge is 0.330 e. The molecule has 1 saturated carbocycles. The number of hydrogen-bond acceptors (Lipinski definition) is 1. The van der Waals surface area contributed by atoms with E-state index < -0.39 is 0 Å². The molecule has 1 heteroatoms. The SMILES string of the molecule is NCCCC1CCCC1. The van der Waals surface area contributed by atoms with Crippen molar-refractivity contribution < 1.29 is 0 Å². The molecule has 0 aliphatic heterocycles. The molecule has 0 atom stereocenters. The van der Waals surface area contributed by atoms with Crippen molar-refractivity contribution >= 4 is 0 Å². The Morgan fingerprint density at radius 1 is 1.22 bits per heavy atom. The van der Waals surface area contributed by atoms with Crippen molar-refractivity contribution in [2.24, 2.45) is 11.7 Å². The Balaban J connectivity index is 1.98. The van der Waals surface area contributed by atoms with Gasteiger partial charge in [0.15, 0.2) is 0 Å². The predicted octanol–water partition coefficient (Wildman–Crippen LogP) is 1.92. The van der Waals surface area contributed by atoms with Gasteiger partial charge in [0.05, 0.1) is 0 Å². The molecule has 1 fully saturated rings. The first kappa shape index (κ1) is 7.07. The average molecular weight is 127 g/mol. The highest BCUT2D eigenvalue weighted by Crippen LogP contribution is 2.27. The van der Waals surface area contributed by atoms with Gasteiger partial charge in [-0.1, -0.05) is 25.7 Å². The van der Waals surface area contributed by atoms with E-state index >= 15 is 0 Å². The van der Waals surface area contributed by atoms with Gasteiger partial charge in [0.2, 0.25) is 0 Å². The van der Waals surface area contributed by atoms with Crippen LogP contribution in [-0.4, -0.2) is 6.54 Å². The maximum Gasteiger partial charge on any atom is -0.00772 e. The van der Waals surface area contributed by atoms with Gasteiger partial charge in [-0.05, 0) is 25.3 Å². The van der Waals surface area contributed by atoms with Crippen LogP contribution in [0.15, 0.2) is 0 Å². The summed E-state index contributed by atoms with van der Waals surface area (Å²) in [5.41, 5.74) is 5.41. The standard InChI is InChI=1S/C8H17N/c9-7-3-6-8-4-1-2-5-8/h8H,1-7,9H2. The second-order valence-electron chi connectivity index (χ2n) is 3.08. The lowest BCUT2D eigenvalue weighted by Crippen LogP contribution is -2.01. The molecule has 0 bridgehead atoms. The highest BCUT2D eigenvalue weighted by atomic mass is 14.5. The third kappa shape index (κ3) is 2.35. The number of hydrogen-bond donors (Lipinski definition) is 1. The topological polar surface area (TPSA) is 26.0 Å². The summed E-state index contributed by atoms with van der Waals surface area (Å²) in [6.07, 6.45) is 8.51. The highest BCUT2D eigenvalue weighted by Gasteiger charge is 2.13. The van der Waals surface area contributed by atoms with Crippen LogP contribution < -0.4 is 5.73 Å². The van der Waals surface area contributed by atoms with Gasteiger partial charge in [0.25, 0.3) is 0 Å². The van der Waals surface area contributed by atoms with Gasteiger partial charge >= 0.3 is 0 Å². The van der Waals surface area contributed by atoms with Crippen LogP contribution in [0.2, 0.25) is 0 Å². The zero-order valence-corrected chi connectivity index (χ0v) is 6.10. The van der Waals surface area contributed by atoms with Crippen molar-refractivity contribution in [1.29, 1.82) is 0 Å². The van der Waals surface area contributed by atoms with E-state index in [0.717, 1.165) is 12.5 Å². The molecule has 0 unspecified atom stereocenters. The molecule has 0 spiro atoms. The van der Waals surface area contributed by atoms with Crippen LogP contribution in [-0.2, 0) is 0 Å². The summed E-state index contributed by atoms with van der Waals surface area (Å²) in [7, 11) is 0. The van der Waals surface area contributed by atoms with Crippen molar-refractivity contribution in [2.45, 2.75) is 38.5 Å². The summed E-state index contributed by atoms with van der Waals surface area (Å²) >= 11 is 0. The number of nitrogens with two attached hydrogens (primary N) is 1. The first-order chi connectivity index (χ1) is 4.43. The van der Waals surface area contributed by atoms with Crippen LogP contribution in [0.5, 0.6) is 0 Å². The fourth-order valence-corrected chi connectivity index (χ4v) is 1.71. The van der Waals surface area contributed by atoms with Crippen LogP contribution in [0.3, 0.4) is 0 Å². The van der Waals surface area contributed by atoms with Gasteiger partial charge in [-0.3, -0.25) is 0 Å². The molecule has 1 aliphatic rings. The minimum Gasteiger partial charge on any atom is -0.330 e.